The van der Waals surface area contributed by atoms with E-state index in [1.165, 1.54) is 0 Å². The molecule has 0 aliphatic rings. The van der Waals surface area contributed by atoms with Crippen molar-refractivity contribution in [2.75, 3.05) is 4.72 Å². The Morgan fingerprint density at radius 1 is 0.906 bits per heavy atom. The van der Waals surface area contributed by atoms with Crippen LogP contribution in [0.2, 0.25) is 0 Å². The average Bonchev–Trinajstić information content (AvgIpc) is 3.09. The van der Waals surface area contributed by atoms with Gasteiger partial charge in [-0.1, -0.05) is 29.8 Å². The summed E-state index contributed by atoms with van der Waals surface area (Å²) >= 11 is 0. The van der Waals surface area contributed by atoms with E-state index in [0.29, 0.717) is 23.1 Å². The van der Waals surface area contributed by atoms with E-state index in [0.717, 1.165) is 22.5 Å². The summed E-state index contributed by atoms with van der Waals surface area (Å²) < 4.78 is 34.9. The van der Waals surface area contributed by atoms with Gasteiger partial charge >= 0.3 is 0 Å². The zero-order valence-electron chi connectivity index (χ0n) is 18.0. The highest BCUT2D eigenvalue weighted by molar-refractivity contribution is 7.91. The third kappa shape index (κ3) is 5.30. The fourth-order valence-electron chi connectivity index (χ4n) is 3.17. The quantitative estimate of drug-likeness (QED) is 0.451. The Morgan fingerprint density at radius 2 is 1.62 bits per heavy atom. The number of aryl methyl sites for hydroxylation is 3. The molecule has 2 aromatic heterocycles. The lowest BCUT2D eigenvalue weighted by atomic mass is 10.2. The largest absolute Gasteiger partial charge is 0.438 e. The van der Waals surface area contributed by atoms with E-state index < -0.39 is 10.0 Å². The Hall–Kier alpha value is -3.72. The number of sulfonamides is 1. The zero-order chi connectivity index (χ0) is 22.7. The summed E-state index contributed by atoms with van der Waals surface area (Å²) in [4.78, 5) is 0. The minimum atomic E-state index is -3.53. The van der Waals surface area contributed by atoms with Gasteiger partial charge in [-0.25, -0.2) is 13.1 Å². The second-order valence-electron chi connectivity index (χ2n) is 7.54. The minimum absolute atomic E-state index is 0.0945. The van der Waals surface area contributed by atoms with Crippen molar-refractivity contribution >= 4 is 15.7 Å². The molecular weight excluding hydrogens is 426 g/mol. The second-order valence-corrected chi connectivity index (χ2v) is 9.26. The summed E-state index contributed by atoms with van der Waals surface area (Å²) in [5.41, 5.74) is 4.13. The monoisotopic (exact) mass is 449 g/mol. The van der Waals surface area contributed by atoms with E-state index in [-0.39, 0.29) is 5.75 Å². The molecule has 164 valence electrons. The molecule has 4 rings (SSSR count). The molecule has 4 aromatic rings. The van der Waals surface area contributed by atoms with Gasteiger partial charge in [0.05, 0.1) is 11.4 Å². The van der Waals surface area contributed by atoms with E-state index in [2.05, 4.69) is 20.0 Å². The van der Waals surface area contributed by atoms with Crippen LogP contribution in [0.15, 0.2) is 66.7 Å². The van der Waals surface area contributed by atoms with Gasteiger partial charge in [0.2, 0.25) is 15.9 Å². The average molecular weight is 450 g/mol. The van der Waals surface area contributed by atoms with Crippen molar-refractivity contribution < 1.29 is 13.2 Å². The third-order valence-electron chi connectivity index (χ3n) is 4.68. The lowest BCUT2D eigenvalue weighted by Crippen LogP contribution is -2.15. The highest BCUT2D eigenvalue weighted by atomic mass is 32.2. The maximum atomic E-state index is 12.4. The molecule has 8 nitrogen and oxygen atoms in total. The van der Waals surface area contributed by atoms with Gasteiger partial charge in [-0.2, -0.15) is 5.10 Å². The maximum absolute atomic E-state index is 12.4. The van der Waals surface area contributed by atoms with Crippen molar-refractivity contribution in [2.24, 2.45) is 0 Å². The topological polar surface area (TPSA) is 99.0 Å². The van der Waals surface area contributed by atoms with Crippen molar-refractivity contribution in [3.05, 3.63) is 89.2 Å². The van der Waals surface area contributed by atoms with Crippen LogP contribution in [0.1, 0.15) is 22.5 Å². The van der Waals surface area contributed by atoms with Gasteiger partial charge in [-0.05, 0) is 62.7 Å². The third-order valence-corrected chi connectivity index (χ3v) is 5.94. The SMILES string of the molecule is Cc1ccc(CS(=O)(=O)Nc2ccc(Oc3ccc(-n4nc(C)cc4C)nn3)cc2)cc1. The summed E-state index contributed by atoms with van der Waals surface area (Å²) in [5.74, 6) is 1.34. The van der Waals surface area contributed by atoms with E-state index in [9.17, 15) is 8.42 Å². The highest BCUT2D eigenvalue weighted by Gasteiger charge is 2.12. The van der Waals surface area contributed by atoms with Gasteiger partial charge in [0, 0.05) is 17.4 Å². The molecule has 0 bridgehead atoms. The van der Waals surface area contributed by atoms with Gasteiger partial charge < -0.3 is 4.74 Å². The molecule has 1 N–H and O–H groups in total. The van der Waals surface area contributed by atoms with Crippen LogP contribution in [-0.2, 0) is 15.8 Å². The normalized spacial score (nSPS) is 11.3. The number of ether oxygens (including phenoxy) is 1. The van der Waals surface area contributed by atoms with Gasteiger partial charge in [-0.3, -0.25) is 4.72 Å². The number of hydrogen-bond donors (Lipinski definition) is 1. The molecule has 0 amide bonds. The first-order valence-corrected chi connectivity index (χ1v) is 11.6. The standard InChI is InChI=1S/C23H23N5O3S/c1-16-4-6-19(7-5-16)15-32(29,30)27-20-8-10-21(11-9-20)31-23-13-12-22(24-25-23)28-18(3)14-17(2)26-28/h4-14,27H,15H2,1-3H3. The molecule has 0 aliphatic heterocycles. The predicted molar refractivity (Wildman–Crippen MR) is 123 cm³/mol. The van der Waals surface area contributed by atoms with Crippen LogP contribution in [0.25, 0.3) is 5.82 Å². The molecule has 0 saturated carbocycles. The van der Waals surface area contributed by atoms with E-state index in [1.54, 1.807) is 41.1 Å². The van der Waals surface area contributed by atoms with Crippen molar-refractivity contribution in [1.82, 2.24) is 20.0 Å². The molecule has 9 heteroatoms. The smallest absolute Gasteiger partial charge is 0.238 e. The summed E-state index contributed by atoms with van der Waals surface area (Å²) in [5, 5.41) is 12.6. The van der Waals surface area contributed by atoms with E-state index in [4.69, 9.17) is 4.74 Å². The van der Waals surface area contributed by atoms with Crippen LogP contribution in [0.3, 0.4) is 0 Å². The molecule has 2 heterocycles. The molecule has 2 aromatic carbocycles. The van der Waals surface area contributed by atoms with Crippen molar-refractivity contribution in [3.63, 3.8) is 0 Å². The van der Waals surface area contributed by atoms with Crippen LogP contribution in [0.5, 0.6) is 11.6 Å². The van der Waals surface area contributed by atoms with Crippen LogP contribution in [0.4, 0.5) is 5.69 Å². The Bertz CT molecular complexity index is 1310. The number of nitrogens with one attached hydrogen (secondary N) is 1. The summed E-state index contributed by atoms with van der Waals surface area (Å²) in [7, 11) is -3.53. The van der Waals surface area contributed by atoms with Crippen LogP contribution >= 0.6 is 0 Å². The highest BCUT2D eigenvalue weighted by Crippen LogP contribution is 2.23. The second kappa shape index (κ2) is 8.80. The molecule has 0 atom stereocenters. The maximum Gasteiger partial charge on any atom is 0.238 e. The number of benzene rings is 2. The van der Waals surface area contributed by atoms with E-state index >= 15 is 0 Å². The van der Waals surface area contributed by atoms with Crippen LogP contribution < -0.4 is 9.46 Å². The van der Waals surface area contributed by atoms with E-state index in [1.807, 2.05) is 51.1 Å². The van der Waals surface area contributed by atoms with Gasteiger partial charge in [0.25, 0.3) is 0 Å². The van der Waals surface area contributed by atoms with Crippen molar-refractivity contribution in [2.45, 2.75) is 26.5 Å². The van der Waals surface area contributed by atoms with Gasteiger partial charge in [0.15, 0.2) is 5.82 Å². The van der Waals surface area contributed by atoms with Crippen LogP contribution in [-0.4, -0.2) is 28.4 Å². The Morgan fingerprint density at radius 3 is 2.22 bits per heavy atom. The Labute approximate surface area is 187 Å². The van der Waals surface area contributed by atoms with Gasteiger partial charge in [-0.15, -0.1) is 10.2 Å². The zero-order valence-corrected chi connectivity index (χ0v) is 18.8. The predicted octanol–water partition coefficient (Wildman–Crippen LogP) is 4.32. The summed E-state index contributed by atoms with van der Waals surface area (Å²) in [6.45, 7) is 5.82. The number of rotatable bonds is 7. The fourth-order valence-corrected chi connectivity index (χ4v) is 4.37. The molecule has 0 unspecified atom stereocenters. The number of nitrogens with zero attached hydrogens (tertiary/aromatic N) is 4. The van der Waals surface area contributed by atoms with Crippen molar-refractivity contribution in [1.29, 1.82) is 0 Å². The van der Waals surface area contributed by atoms with Gasteiger partial charge in [0.1, 0.15) is 5.75 Å². The first-order valence-electron chi connectivity index (χ1n) is 9.99. The molecule has 0 spiro atoms. The lowest BCUT2D eigenvalue weighted by Gasteiger charge is -2.10. The molecule has 0 saturated heterocycles. The molecule has 0 radical (unpaired) electrons. The summed E-state index contributed by atoms with van der Waals surface area (Å²) in [6, 6.07) is 19.5. The first kappa shape index (κ1) is 21.5. The van der Waals surface area contributed by atoms with Crippen molar-refractivity contribution in [3.8, 4) is 17.4 Å². The number of anilines is 1. The number of aromatic nitrogens is 4. The molecular formula is C23H23N5O3S. The first-order chi connectivity index (χ1) is 15.3. The van der Waals surface area contributed by atoms with Crippen LogP contribution in [0, 0.1) is 20.8 Å². The lowest BCUT2D eigenvalue weighted by molar-refractivity contribution is 0.454. The minimum Gasteiger partial charge on any atom is -0.438 e. The molecule has 0 fully saturated rings. The molecule has 32 heavy (non-hydrogen) atoms. The Kier molecular flexibility index (Phi) is 5.91. The number of hydrogen-bond acceptors (Lipinski definition) is 6. The molecule has 0 aliphatic carbocycles. The Balaban J connectivity index is 1.39. The fraction of sp³-hybridized carbons (Fsp3) is 0.174. The summed E-state index contributed by atoms with van der Waals surface area (Å²) in [6.07, 6.45) is 0.